The van der Waals surface area contributed by atoms with E-state index in [-0.39, 0.29) is 0 Å². The molecule has 0 heterocycles. The third-order valence-corrected chi connectivity index (χ3v) is 5.84. The lowest BCUT2D eigenvalue weighted by Gasteiger charge is -2.61. The molecule has 3 saturated carbocycles. The SMILES string of the molecule is COc1ccc(C=NC2C[C@@H]3C[C@H]([C@H]2C)C3(C)C)cc1. The van der Waals surface area contributed by atoms with E-state index in [1.807, 2.05) is 18.3 Å². The summed E-state index contributed by atoms with van der Waals surface area (Å²) in [6, 6.07) is 8.63. The molecule has 2 heteroatoms. The van der Waals surface area contributed by atoms with Crippen LogP contribution in [0.25, 0.3) is 0 Å². The smallest absolute Gasteiger partial charge is 0.118 e. The van der Waals surface area contributed by atoms with E-state index in [9.17, 15) is 0 Å². The van der Waals surface area contributed by atoms with Crippen molar-refractivity contribution < 1.29 is 4.74 Å². The topological polar surface area (TPSA) is 21.6 Å². The normalized spacial score (nSPS) is 34.8. The highest BCUT2D eigenvalue weighted by molar-refractivity contribution is 5.79. The molecule has 1 aromatic carbocycles. The highest BCUT2D eigenvalue weighted by Crippen LogP contribution is 2.61. The second-order valence-corrected chi connectivity index (χ2v) is 7.07. The van der Waals surface area contributed by atoms with E-state index in [1.54, 1.807) is 7.11 Å². The summed E-state index contributed by atoms with van der Waals surface area (Å²) >= 11 is 0. The Bertz CT molecular complexity index is 503. The van der Waals surface area contributed by atoms with Crippen LogP contribution in [0.2, 0.25) is 0 Å². The number of aliphatic imine (C=N–C) groups is 1. The van der Waals surface area contributed by atoms with Crippen LogP contribution in [0.5, 0.6) is 5.75 Å². The van der Waals surface area contributed by atoms with Gasteiger partial charge in [-0.15, -0.1) is 0 Å². The minimum absolute atomic E-state index is 0.508. The first-order chi connectivity index (χ1) is 9.52. The molecule has 1 aromatic rings. The highest BCUT2D eigenvalue weighted by Gasteiger charge is 2.56. The lowest BCUT2D eigenvalue weighted by atomic mass is 9.45. The van der Waals surface area contributed by atoms with Crippen LogP contribution in [0.3, 0.4) is 0 Å². The van der Waals surface area contributed by atoms with Gasteiger partial charge < -0.3 is 4.74 Å². The van der Waals surface area contributed by atoms with Crippen molar-refractivity contribution in [2.75, 3.05) is 7.11 Å². The monoisotopic (exact) mass is 271 g/mol. The van der Waals surface area contributed by atoms with Gasteiger partial charge in [-0.3, -0.25) is 4.99 Å². The Hall–Kier alpha value is -1.31. The highest BCUT2D eigenvalue weighted by atomic mass is 16.5. The summed E-state index contributed by atoms with van der Waals surface area (Å²) in [7, 11) is 1.70. The van der Waals surface area contributed by atoms with Gasteiger partial charge in [0.25, 0.3) is 0 Å². The molecule has 20 heavy (non-hydrogen) atoms. The Morgan fingerprint density at radius 3 is 2.45 bits per heavy atom. The van der Waals surface area contributed by atoms with Gasteiger partial charge in [0.2, 0.25) is 0 Å². The fourth-order valence-corrected chi connectivity index (χ4v) is 4.19. The number of fused-ring (bicyclic) bond motifs is 2. The van der Waals surface area contributed by atoms with Gasteiger partial charge in [-0.05, 0) is 65.8 Å². The predicted octanol–water partition coefficient (Wildman–Crippen LogP) is 4.18. The first kappa shape index (κ1) is 13.7. The zero-order valence-electron chi connectivity index (χ0n) is 13.0. The minimum atomic E-state index is 0.508. The van der Waals surface area contributed by atoms with Crippen molar-refractivity contribution >= 4 is 6.21 Å². The number of methoxy groups -OCH3 is 1. The lowest BCUT2D eigenvalue weighted by Crippen LogP contribution is -2.56. The van der Waals surface area contributed by atoms with Crippen LogP contribution in [0.1, 0.15) is 39.2 Å². The molecule has 0 spiro atoms. The molecule has 2 bridgehead atoms. The van der Waals surface area contributed by atoms with E-state index in [1.165, 1.54) is 12.8 Å². The summed E-state index contributed by atoms with van der Waals surface area (Å²) < 4.78 is 5.18. The Kier molecular flexibility index (Phi) is 3.35. The molecule has 3 aliphatic carbocycles. The van der Waals surface area contributed by atoms with Crippen LogP contribution in [0, 0.1) is 23.2 Å². The molecule has 0 N–H and O–H groups in total. The molecule has 3 aliphatic rings. The van der Waals surface area contributed by atoms with Crippen LogP contribution in [0.4, 0.5) is 0 Å². The number of hydrogen-bond donors (Lipinski definition) is 0. The molecule has 4 rings (SSSR count). The third kappa shape index (κ3) is 2.15. The van der Waals surface area contributed by atoms with Crippen molar-refractivity contribution in [3.63, 3.8) is 0 Å². The maximum Gasteiger partial charge on any atom is 0.118 e. The van der Waals surface area contributed by atoms with E-state index in [4.69, 9.17) is 9.73 Å². The van der Waals surface area contributed by atoms with E-state index in [2.05, 4.69) is 32.9 Å². The van der Waals surface area contributed by atoms with Gasteiger partial charge in [0.05, 0.1) is 13.2 Å². The summed E-state index contributed by atoms with van der Waals surface area (Å²) in [5.41, 5.74) is 1.71. The molecule has 108 valence electrons. The van der Waals surface area contributed by atoms with E-state index < -0.39 is 0 Å². The second kappa shape index (κ2) is 4.91. The zero-order valence-corrected chi connectivity index (χ0v) is 13.0. The van der Waals surface area contributed by atoms with Crippen molar-refractivity contribution in [1.82, 2.24) is 0 Å². The van der Waals surface area contributed by atoms with Crippen molar-refractivity contribution in [2.45, 2.75) is 39.7 Å². The first-order valence-corrected chi connectivity index (χ1v) is 7.69. The lowest BCUT2D eigenvalue weighted by molar-refractivity contribution is -0.108. The number of benzene rings is 1. The molecule has 4 atom stereocenters. The quantitative estimate of drug-likeness (QED) is 0.756. The number of nitrogens with zero attached hydrogens (tertiary/aromatic N) is 1. The van der Waals surface area contributed by atoms with Gasteiger partial charge in [-0.25, -0.2) is 0 Å². The Balaban J connectivity index is 1.68. The largest absolute Gasteiger partial charge is 0.497 e. The van der Waals surface area contributed by atoms with E-state index in [0.717, 1.165) is 23.1 Å². The molecule has 3 fully saturated rings. The van der Waals surface area contributed by atoms with Gasteiger partial charge in [0.1, 0.15) is 5.75 Å². The van der Waals surface area contributed by atoms with Crippen LogP contribution >= 0.6 is 0 Å². The van der Waals surface area contributed by atoms with Crippen molar-refractivity contribution in [1.29, 1.82) is 0 Å². The summed E-state index contributed by atoms with van der Waals surface area (Å²) in [5, 5.41) is 0. The summed E-state index contributed by atoms with van der Waals surface area (Å²) in [4.78, 5) is 4.87. The van der Waals surface area contributed by atoms with Gasteiger partial charge in [-0.1, -0.05) is 20.8 Å². The Morgan fingerprint density at radius 2 is 1.90 bits per heavy atom. The molecule has 2 nitrogen and oxygen atoms in total. The molecule has 0 aliphatic heterocycles. The molecular weight excluding hydrogens is 246 g/mol. The summed E-state index contributed by atoms with van der Waals surface area (Å²) in [6.45, 7) is 7.26. The van der Waals surface area contributed by atoms with Crippen molar-refractivity contribution in [2.24, 2.45) is 28.2 Å². The fourth-order valence-electron chi connectivity index (χ4n) is 4.19. The summed E-state index contributed by atoms with van der Waals surface area (Å²) in [6.07, 6.45) is 4.72. The molecule has 0 amide bonds. The molecule has 0 aromatic heterocycles. The first-order valence-electron chi connectivity index (χ1n) is 7.69. The molecule has 0 radical (unpaired) electrons. The average molecular weight is 271 g/mol. The number of ether oxygens (including phenoxy) is 1. The number of hydrogen-bond acceptors (Lipinski definition) is 2. The third-order valence-electron chi connectivity index (χ3n) is 5.84. The molecule has 1 unspecified atom stereocenters. The van der Waals surface area contributed by atoms with Crippen molar-refractivity contribution in [3.05, 3.63) is 29.8 Å². The van der Waals surface area contributed by atoms with E-state index in [0.29, 0.717) is 17.4 Å². The average Bonchev–Trinajstić information content (AvgIpc) is 2.46. The van der Waals surface area contributed by atoms with Gasteiger partial charge in [0.15, 0.2) is 0 Å². The predicted molar refractivity (Wildman–Crippen MR) is 83.5 cm³/mol. The van der Waals surface area contributed by atoms with Crippen LogP contribution in [-0.2, 0) is 0 Å². The van der Waals surface area contributed by atoms with Crippen LogP contribution < -0.4 is 4.74 Å². The standard InChI is InChI=1S/C18H25NO/c1-12-16-9-14(18(16,2)3)10-17(12)19-11-13-5-7-15(20-4)8-6-13/h5-8,11-12,14,16-17H,9-10H2,1-4H3/t12-,14+,16-,17?/m1/s1. The maximum absolute atomic E-state index is 5.18. The second-order valence-electron chi connectivity index (χ2n) is 7.07. The Labute approximate surface area is 122 Å². The van der Waals surface area contributed by atoms with E-state index >= 15 is 0 Å². The fraction of sp³-hybridized carbons (Fsp3) is 0.611. The van der Waals surface area contributed by atoms with Crippen LogP contribution in [-0.4, -0.2) is 19.4 Å². The number of rotatable bonds is 3. The van der Waals surface area contributed by atoms with Gasteiger partial charge in [0, 0.05) is 6.21 Å². The van der Waals surface area contributed by atoms with Crippen LogP contribution in [0.15, 0.2) is 29.3 Å². The van der Waals surface area contributed by atoms with Gasteiger partial charge in [-0.2, -0.15) is 0 Å². The van der Waals surface area contributed by atoms with Gasteiger partial charge >= 0.3 is 0 Å². The molecular formula is C18H25NO. The summed E-state index contributed by atoms with van der Waals surface area (Å²) in [5.74, 6) is 3.35. The zero-order chi connectivity index (χ0) is 14.3. The molecule has 0 saturated heterocycles. The maximum atomic E-state index is 5.18. The Morgan fingerprint density at radius 1 is 1.20 bits per heavy atom. The minimum Gasteiger partial charge on any atom is -0.497 e. The van der Waals surface area contributed by atoms with Crippen molar-refractivity contribution in [3.8, 4) is 5.75 Å².